The zero-order valence-electron chi connectivity index (χ0n) is 17.2. The lowest BCUT2D eigenvalue weighted by atomic mass is 10.0. The van der Waals surface area contributed by atoms with Crippen LogP contribution in [0.5, 0.6) is 0 Å². The molecule has 0 saturated carbocycles. The summed E-state index contributed by atoms with van der Waals surface area (Å²) in [5.41, 5.74) is 1.05. The van der Waals surface area contributed by atoms with E-state index in [-0.39, 0.29) is 29.5 Å². The van der Waals surface area contributed by atoms with Crippen LogP contribution >= 0.6 is 0 Å². The molecule has 8 heteroatoms. The first-order chi connectivity index (χ1) is 14.4. The third-order valence-electron chi connectivity index (χ3n) is 5.46. The van der Waals surface area contributed by atoms with Crippen LogP contribution in [0.1, 0.15) is 24.1 Å². The average Bonchev–Trinajstić information content (AvgIpc) is 2.79. The van der Waals surface area contributed by atoms with Crippen molar-refractivity contribution in [3.63, 3.8) is 0 Å². The van der Waals surface area contributed by atoms with Crippen molar-refractivity contribution in [1.29, 1.82) is 5.26 Å². The molecule has 1 saturated heterocycles. The predicted octanol–water partition coefficient (Wildman–Crippen LogP) is 2.08. The number of benzene rings is 2. The van der Waals surface area contributed by atoms with E-state index in [1.807, 2.05) is 55.3 Å². The third-order valence-corrected chi connectivity index (χ3v) is 7.42. The number of sulfonamides is 1. The molecule has 2 aromatic carbocycles. The largest absolute Gasteiger partial charge is 0.338 e. The molecule has 1 unspecified atom stereocenters. The van der Waals surface area contributed by atoms with Gasteiger partial charge in [-0.05, 0) is 31.3 Å². The fourth-order valence-electron chi connectivity index (χ4n) is 3.65. The van der Waals surface area contributed by atoms with Crippen LogP contribution in [0.4, 0.5) is 0 Å². The number of rotatable bonds is 6. The molecule has 0 spiro atoms. The van der Waals surface area contributed by atoms with E-state index in [1.54, 1.807) is 17.0 Å². The Labute approximate surface area is 178 Å². The number of hydrogen-bond donors (Lipinski definition) is 0. The van der Waals surface area contributed by atoms with Gasteiger partial charge in [0.1, 0.15) is 12.1 Å². The first-order valence-corrected chi connectivity index (χ1v) is 11.4. The van der Waals surface area contributed by atoms with E-state index in [4.69, 9.17) is 0 Å². The normalized spacial score (nSPS) is 16.3. The molecular formula is C22H26N4O3S. The molecule has 7 nitrogen and oxygen atoms in total. The Kier molecular flexibility index (Phi) is 6.87. The number of piperazine rings is 1. The summed E-state index contributed by atoms with van der Waals surface area (Å²) in [5.74, 6) is -0.0278. The lowest BCUT2D eigenvalue weighted by Gasteiger charge is -2.37. The monoisotopic (exact) mass is 426 g/mol. The van der Waals surface area contributed by atoms with Gasteiger partial charge in [0.15, 0.2) is 0 Å². The van der Waals surface area contributed by atoms with Gasteiger partial charge in [0, 0.05) is 26.2 Å². The Morgan fingerprint density at radius 1 is 1.07 bits per heavy atom. The zero-order chi connectivity index (χ0) is 21.7. The van der Waals surface area contributed by atoms with Gasteiger partial charge in [0.2, 0.25) is 15.9 Å². The van der Waals surface area contributed by atoms with Gasteiger partial charge < -0.3 is 4.90 Å². The van der Waals surface area contributed by atoms with Crippen LogP contribution in [-0.4, -0.2) is 68.2 Å². The van der Waals surface area contributed by atoms with Crippen LogP contribution in [0.2, 0.25) is 0 Å². The second kappa shape index (κ2) is 9.39. The van der Waals surface area contributed by atoms with E-state index in [0.717, 1.165) is 5.56 Å². The summed E-state index contributed by atoms with van der Waals surface area (Å²) >= 11 is 0. The molecule has 1 atom stereocenters. The summed E-state index contributed by atoms with van der Waals surface area (Å²) < 4.78 is 27.4. The maximum atomic E-state index is 13.3. The highest BCUT2D eigenvalue weighted by Crippen LogP contribution is 2.25. The van der Waals surface area contributed by atoms with Crippen LogP contribution in [0, 0.1) is 11.3 Å². The van der Waals surface area contributed by atoms with Crippen molar-refractivity contribution in [3.05, 3.63) is 65.7 Å². The van der Waals surface area contributed by atoms with Gasteiger partial charge in [-0.25, -0.2) is 8.42 Å². The molecule has 0 bridgehead atoms. The van der Waals surface area contributed by atoms with Crippen molar-refractivity contribution in [3.8, 4) is 6.07 Å². The van der Waals surface area contributed by atoms with E-state index in [9.17, 15) is 18.5 Å². The molecule has 0 aromatic heterocycles. The van der Waals surface area contributed by atoms with Gasteiger partial charge in [-0.15, -0.1) is 0 Å². The second-order valence-corrected chi connectivity index (χ2v) is 9.13. The standard InChI is InChI=1S/C22H26N4O3S/c1-3-24(2)21(18-9-5-4-6-10-18)22(27)25-13-15-26(16-14-25)30(28,29)20-12-8-7-11-19(20)17-23/h4-12,21H,3,13-16H2,1-2H3. The van der Waals surface area contributed by atoms with Crippen LogP contribution in [0.25, 0.3) is 0 Å². The zero-order valence-corrected chi connectivity index (χ0v) is 18.0. The molecular weight excluding hydrogens is 400 g/mol. The quantitative estimate of drug-likeness (QED) is 0.706. The molecule has 1 fully saturated rings. The Morgan fingerprint density at radius 3 is 2.27 bits per heavy atom. The van der Waals surface area contributed by atoms with Crippen LogP contribution in [-0.2, 0) is 14.8 Å². The molecule has 1 heterocycles. The number of hydrogen-bond acceptors (Lipinski definition) is 5. The average molecular weight is 427 g/mol. The van der Waals surface area contributed by atoms with Crippen molar-refractivity contribution in [2.75, 3.05) is 39.8 Å². The summed E-state index contributed by atoms with van der Waals surface area (Å²) in [6.45, 7) is 3.74. The number of carbonyl (C=O) groups excluding carboxylic acids is 1. The topological polar surface area (TPSA) is 84.7 Å². The number of nitriles is 1. The molecule has 158 valence electrons. The minimum Gasteiger partial charge on any atom is -0.338 e. The van der Waals surface area contributed by atoms with E-state index >= 15 is 0 Å². The highest BCUT2D eigenvalue weighted by Gasteiger charge is 2.35. The molecule has 0 radical (unpaired) electrons. The van der Waals surface area contributed by atoms with Crippen LogP contribution in [0.15, 0.2) is 59.5 Å². The molecule has 1 amide bonds. The fraction of sp³-hybridized carbons (Fsp3) is 0.364. The van der Waals surface area contributed by atoms with Crippen molar-refractivity contribution in [2.45, 2.75) is 17.9 Å². The molecule has 1 aliphatic rings. The van der Waals surface area contributed by atoms with Crippen LogP contribution in [0.3, 0.4) is 0 Å². The first-order valence-electron chi connectivity index (χ1n) is 9.93. The minimum atomic E-state index is -3.78. The summed E-state index contributed by atoms with van der Waals surface area (Å²) in [7, 11) is -1.87. The number of likely N-dealkylation sites (N-methyl/N-ethyl adjacent to an activating group) is 1. The molecule has 30 heavy (non-hydrogen) atoms. The smallest absolute Gasteiger partial charge is 0.244 e. The van der Waals surface area contributed by atoms with Gasteiger partial charge in [-0.1, -0.05) is 49.4 Å². The van der Waals surface area contributed by atoms with Gasteiger partial charge in [-0.2, -0.15) is 9.57 Å². The van der Waals surface area contributed by atoms with E-state index in [1.165, 1.54) is 16.4 Å². The SMILES string of the molecule is CCN(C)C(C(=O)N1CCN(S(=O)(=O)c2ccccc2C#N)CC1)c1ccccc1. The Balaban J connectivity index is 1.76. The third kappa shape index (κ3) is 4.38. The number of carbonyl (C=O) groups is 1. The highest BCUT2D eigenvalue weighted by atomic mass is 32.2. The van der Waals surface area contributed by atoms with E-state index in [2.05, 4.69) is 0 Å². The molecule has 0 aliphatic carbocycles. The minimum absolute atomic E-state index is 0.0140. The summed E-state index contributed by atoms with van der Waals surface area (Å²) in [6.07, 6.45) is 0. The molecule has 0 N–H and O–H groups in total. The lowest BCUT2D eigenvalue weighted by Crippen LogP contribution is -2.53. The van der Waals surface area contributed by atoms with Crippen molar-refractivity contribution in [2.24, 2.45) is 0 Å². The molecule has 3 rings (SSSR count). The first kappa shape index (κ1) is 22.0. The summed E-state index contributed by atoms with van der Waals surface area (Å²) in [4.78, 5) is 17.0. The molecule has 1 aliphatic heterocycles. The number of amides is 1. The lowest BCUT2D eigenvalue weighted by molar-refractivity contribution is -0.138. The van der Waals surface area contributed by atoms with Gasteiger partial charge in [0.05, 0.1) is 10.5 Å². The van der Waals surface area contributed by atoms with Gasteiger partial charge >= 0.3 is 0 Å². The van der Waals surface area contributed by atoms with Crippen molar-refractivity contribution < 1.29 is 13.2 Å². The van der Waals surface area contributed by atoms with E-state index in [0.29, 0.717) is 19.6 Å². The van der Waals surface area contributed by atoms with Crippen molar-refractivity contribution in [1.82, 2.24) is 14.1 Å². The number of nitrogens with zero attached hydrogens (tertiary/aromatic N) is 4. The maximum Gasteiger partial charge on any atom is 0.244 e. The second-order valence-electron chi connectivity index (χ2n) is 7.22. The Hall–Kier alpha value is -2.73. The fourth-order valence-corrected chi connectivity index (χ4v) is 5.21. The predicted molar refractivity (Wildman–Crippen MR) is 114 cm³/mol. The van der Waals surface area contributed by atoms with E-state index < -0.39 is 16.1 Å². The Morgan fingerprint density at radius 2 is 1.67 bits per heavy atom. The van der Waals surface area contributed by atoms with Gasteiger partial charge in [0.25, 0.3) is 0 Å². The highest BCUT2D eigenvalue weighted by molar-refractivity contribution is 7.89. The Bertz CT molecular complexity index is 1030. The van der Waals surface area contributed by atoms with Crippen molar-refractivity contribution >= 4 is 15.9 Å². The summed E-state index contributed by atoms with van der Waals surface area (Å²) in [6, 6.07) is 17.4. The van der Waals surface area contributed by atoms with Gasteiger partial charge in [-0.3, -0.25) is 9.69 Å². The maximum absolute atomic E-state index is 13.3. The van der Waals surface area contributed by atoms with Crippen LogP contribution < -0.4 is 0 Å². The summed E-state index contributed by atoms with van der Waals surface area (Å²) in [5, 5.41) is 9.25. The molecule has 2 aromatic rings.